The van der Waals surface area contributed by atoms with Gasteiger partial charge >= 0.3 is 0 Å². The van der Waals surface area contributed by atoms with Gasteiger partial charge in [0.05, 0.1) is 4.92 Å². The van der Waals surface area contributed by atoms with Gasteiger partial charge in [-0.3, -0.25) is 10.1 Å². The second-order valence-electron chi connectivity index (χ2n) is 4.07. The van der Waals surface area contributed by atoms with Crippen LogP contribution < -0.4 is 10.6 Å². The van der Waals surface area contributed by atoms with Crippen LogP contribution in [0.4, 0.5) is 11.4 Å². The zero-order valence-electron chi connectivity index (χ0n) is 9.41. The molecule has 0 aromatic heterocycles. The maximum Gasteiger partial charge on any atom is 0.292 e. The minimum Gasteiger partial charge on any atom is -0.366 e. The van der Waals surface area contributed by atoms with Gasteiger partial charge in [0.1, 0.15) is 5.69 Å². The molecular weight excluding hydrogens is 242 g/mol. The highest BCUT2D eigenvalue weighted by molar-refractivity contribution is 5.85. The molecule has 6 heteroatoms. The van der Waals surface area contributed by atoms with Crippen molar-refractivity contribution in [2.45, 2.75) is 18.9 Å². The van der Waals surface area contributed by atoms with E-state index in [1.54, 1.807) is 18.2 Å². The van der Waals surface area contributed by atoms with Gasteiger partial charge in [0.2, 0.25) is 0 Å². The SMILES string of the molecule is Cl.NC1CCN(c2ccccc2[N+](=O)[O-])CC1. The zero-order chi connectivity index (χ0) is 11.5. The second kappa shape index (κ2) is 5.84. The molecule has 0 saturated carbocycles. The lowest BCUT2D eigenvalue weighted by Crippen LogP contribution is -2.39. The maximum atomic E-state index is 10.9. The Morgan fingerprint density at radius 3 is 2.47 bits per heavy atom. The molecule has 0 bridgehead atoms. The number of rotatable bonds is 2. The van der Waals surface area contributed by atoms with Gasteiger partial charge in [0.25, 0.3) is 5.69 Å². The maximum absolute atomic E-state index is 10.9. The third-order valence-corrected chi connectivity index (χ3v) is 2.96. The zero-order valence-corrected chi connectivity index (χ0v) is 10.2. The van der Waals surface area contributed by atoms with Gasteiger partial charge in [-0.1, -0.05) is 12.1 Å². The van der Waals surface area contributed by atoms with Gasteiger partial charge in [0.15, 0.2) is 0 Å². The first-order valence-corrected chi connectivity index (χ1v) is 5.42. The number of nitrogens with two attached hydrogens (primary N) is 1. The number of hydrogen-bond donors (Lipinski definition) is 1. The normalized spacial score (nSPS) is 16.4. The molecule has 1 aliphatic rings. The molecule has 0 amide bonds. The van der Waals surface area contributed by atoms with Crippen LogP contribution in [-0.2, 0) is 0 Å². The predicted molar refractivity (Wildman–Crippen MR) is 69.8 cm³/mol. The Balaban J connectivity index is 0.00000144. The monoisotopic (exact) mass is 257 g/mol. The molecule has 1 heterocycles. The molecule has 0 atom stereocenters. The third-order valence-electron chi connectivity index (χ3n) is 2.96. The van der Waals surface area contributed by atoms with Crippen molar-refractivity contribution in [3.63, 3.8) is 0 Å². The van der Waals surface area contributed by atoms with Gasteiger partial charge in [0, 0.05) is 25.2 Å². The summed E-state index contributed by atoms with van der Waals surface area (Å²) in [4.78, 5) is 12.6. The van der Waals surface area contributed by atoms with Crippen molar-refractivity contribution in [1.82, 2.24) is 0 Å². The van der Waals surface area contributed by atoms with Crippen molar-refractivity contribution in [1.29, 1.82) is 0 Å². The first-order chi connectivity index (χ1) is 7.68. The van der Waals surface area contributed by atoms with Gasteiger partial charge in [-0.25, -0.2) is 0 Å². The summed E-state index contributed by atoms with van der Waals surface area (Å²) in [6.07, 6.45) is 1.79. The molecule has 1 aromatic carbocycles. The Hall–Kier alpha value is -1.33. The molecular formula is C11H16ClN3O2. The molecule has 2 rings (SSSR count). The number of benzene rings is 1. The molecule has 0 unspecified atom stereocenters. The molecule has 0 radical (unpaired) electrons. The summed E-state index contributed by atoms with van der Waals surface area (Å²) in [5, 5.41) is 10.9. The summed E-state index contributed by atoms with van der Waals surface area (Å²) in [6, 6.07) is 7.10. The molecule has 1 saturated heterocycles. The Kier molecular flexibility index (Phi) is 4.72. The van der Waals surface area contributed by atoms with Crippen LogP contribution in [-0.4, -0.2) is 24.1 Å². The number of nitrogens with zero attached hydrogens (tertiary/aromatic N) is 2. The van der Waals surface area contributed by atoms with E-state index in [0.29, 0.717) is 5.69 Å². The summed E-state index contributed by atoms with van der Waals surface area (Å²) < 4.78 is 0. The highest BCUT2D eigenvalue weighted by Crippen LogP contribution is 2.29. The average Bonchev–Trinajstić information content (AvgIpc) is 2.30. The van der Waals surface area contributed by atoms with E-state index in [0.717, 1.165) is 25.9 Å². The summed E-state index contributed by atoms with van der Waals surface area (Å²) >= 11 is 0. The Bertz CT molecular complexity index is 392. The minimum atomic E-state index is -0.329. The molecule has 5 nitrogen and oxygen atoms in total. The van der Waals surface area contributed by atoms with E-state index in [2.05, 4.69) is 0 Å². The van der Waals surface area contributed by atoms with Crippen molar-refractivity contribution >= 4 is 23.8 Å². The van der Waals surface area contributed by atoms with Crippen molar-refractivity contribution in [2.75, 3.05) is 18.0 Å². The molecule has 1 aromatic rings. The van der Waals surface area contributed by atoms with Gasteiger partial charge in [-0.15, -0.1) is 12.4 Å². The summed E-state index contributed by atoms with van der Waals surface area (Å²) in [7, 11) is 0. The fourth-order valence-electron chi connectivity index (χ4n) is 2.03. The van der Waals surface area contributed by atoms with E-state index >= 15 is 0 Å². The van der Waals surface area contributed by atoms with Crippen LogP contribution in [0.5, 0.6) is 0 Å². The van der Waals surface area contributed by atoms with Gasteiger partial charge < -0.3 is 10.6 Å². The van der Waals surface area contributed by atoms with E-state index < -0.39 is 0 Å². The molecule has 0 spiro atoms. The van der Waals surface area contributed by atoms with Crippen LogP contribution >= 0.6 is 12.4 Å². The highest BCUT2D eigenvalue weighted by Gasteiger charge is 2.22. The van der Waals surface area contributed by atoms with Crippen molar-refractivity contribution in [3.05, 3.63) is 34.4 Å². The number of para-hydroxylation sites is 2. The number of piperidine rings is 1. The molecule has 0 aliphatic carbocycles. The lowest BCUT2D eigenvalue weighted by molar-refractivity contribution is -0.384. The third kappa shape index (κ3) is 3.08. The molecule has 1 aliphatic heterocycles. The van der Waals surface area contributed by atoms with Crippen LogP contribution in [0.25, 0.3) is 0 Å². The summed E-state index contributed by atoms with van der Waals surface area (Å²) in [5.41, 5.74) is 6.70. The average molecular weight is 258 g/mol. The molecule has 17 heavy (non-hydrogen) atoms. The first kappa shape index (κ1) is 13.7. The number of anilines is 1. The molecule has 94 valence electrons. The van der Waals surface area contributed by atoms with Crippen molar-refractivity contribution in [2.24, 2.45) is 5.73 Å². The Labute approximate surface area is 106 Å². The quantitative estimate of drug-likeness (QED) is 0.649. The Morgan fingerprint density at radius 2 is 1.88 bits per heavy atom. The van der Waals surface area contributed by atoms with Gasteiger partial charge in [-0.2, -0.15) is 0 Å². The smallest absolute Gasteiger partial charge is 0.292 e. The number of hydrogen-bond acceptors (Lipinski definition) is 4. The van der Waals surface area contributed by atoms with Crippen molar-refractivity contribution < 1.29 is 4.92 Å². The molecule has 1 fully saturated rings. The van der Waals surface area contributed by atoms with E-state index in [1.165, 1.54) is 0 Å². The Morgan fingerprint density at radius 1 is 1.29 bits per heavy atom. The number of nitro benzene ring substituents is 1. The van der Waals surface area contributed by atoms with E-state index in [-0.39, 0.29) is 29.1 Å². The lowest BCUT2D eigenvalue weighted by atomic mass is 10.1. The van der Waals surface area contributed by atoms with Crippen molar-refractivity contribution in [3.8, 4) is 0 Å². The fraction of sp³-hybridized carbons (Fsp3) is 0.455. The summed E-state index contributed by atoms with van der Waals surface area (Å²) in [5.74, 6) is 0. The largest absolute Gasteiger partial charge is 0.366 e. The standard InChI is InChI=1S/C11H15N3O2.ClH/c12-9-5-7-13(8-6-9)10-3-1-2-4-11(10)14(15)16;/h1-4,9H,5-8,12H2;1H. The number of halogens is 1. The minimum absolute atomic E-state index is 0. The van der Waals surface area contributed by atoms with Crippen LogP contribution in [0.2, 0.25) is 0 Å². The van der Waals surface area contributed by atoms with E-state index in [9.17, 15) is 10.1 Å². The lowest BCUT2D eigenvalue weighted by Gasteiger charge is -2.31. The van der Waals surface area contributed by atoms with E-state index in [4.69, 9.17) is 5.73 Å². The second-order valence-corrected chi connectivity index (χ2v) is 4.07. The first-order valence-electron chi connectivity index (χ1n) is 5.42. The predicted octanol–water partition coefficient (Wildman–Crippen LogP) is 1.94. The van der Waals surface area contributed by atoms with Crippen LogP contribution in [0.15, 0.2) is 24.3 Å². The van der Waals surface area contributed by atoms with Crippen LogP contribution in [0.1, 0.15) is 12.8 Å². The molecule has 2 N–H and O–H groups in total. The van der Waals surface area contributed by atoms with E-state index in [1.807, 2.05) is 11.0 Å². The van der Waals surface area contributed by atoms with Crippen LogP contribution in [0.3, 0.4) is 0 Å². The van der Waals surface area contributed by atoms with Crippen LogP contribution in [0, 0.1) is 10.1 Å². The topological polar surface area (TPSA) is 72.4 Å². The summed E-state index contributed by atoms with van der Waals surface area (Å²) in [6.45, 7) is 1.60. The number of nitro groups is 1. The van der Waals surface area contributed by atoms with Gasteiger partial charge in [-0.05, 0) is 18.9 Å². The highest BCUT2D eigenvalue weighted by atomic mass is 35.5. The fourth-order valence-corrected chi connectivity index (χ4v) is 2.03.